The van der Waals surface area contributed by atoms with Crippen LogP contribution in [0.25, 0.3) is 10.4 Å². The number of rotatable bonds is 3. The van der Waals surface area contributed by atoms with Gasteiger partial charge in [-0.15, -0.1) is 0 Å². The summed E-state index contributed by atoms with van der Waals surface area (Å²) in [6, 6.07) is 3.58. The normalized spacial score (nSPS) is 30.2. The van der Waals surface area contributed by atoms with E-state index in [1.54, 1.807) is 51.3 Å². The van der Waals surface area contributed by atoms with Crippen molar-refractivity contribution in [3.05, 3.63) is 35.6 Å². The molecule has 2 aromatic rings. The fourth-order valence-electron chi connectivity index (χ4n) is 3.75. The topological polar surface area (TPSA) is 115 Å². The molecule has 0 aliphatic carbocycles. The maximum atomic E-state index is 12.3. The molecule has 2 fully saturated rings. The predicted octanol–water partition coefficient (Wildman–Crippen LogP) is 2.11. The van der Waals surface area contributed by atoms with Gasteiger partial charge in [-0.3, -0.25) is 14.4 Å². The van der Waals surface area contributed by atoms with Crippen LogP contribution < -0.4 is 5.73 Å². The molecule has 2 N–H and O–H groups in total. The Bertz CT molecular complexity index is 1040. The number of fused-ring (bicyclic) bond motifs is 2. The van der Waals surface area contributed by atoms with Crippen LogP contribution in [-0.4, -0.2) is 50.9 Å². The summed E-state index contributed by atoms with van der Waals surface area (Å²) in [5.41, 5.74) is 4.94. The lowest BCUT2D eigenvalue weighted by atomic mass is 9.97. The quantitative estimate of drug-likeness (QED) is 0.599. The van der Waals surface area contributed by atoms with Crippen LogP contribution in [0.4, 0.5) is 5.82 Å². The second-order valence-corrected chi connectivity index (χ2v) is 9.04. The minimum atomic E-state index is -1.55. The van der Waals surface area contributed by atoms with Gasteiger partial charge in [0, 0.05) is 0 Å². The van der Waals surface area contributed by atoms with Gasteiger partial charge in [0.05, 0.1) is 11.1 Å². The first-order valence-electron chi connectivity index (χ1n) is 9.65. The molecular weight excluding hydrogens is 390 g/mol. The third-order valence-electron chi connectivity index (χ3n) is 5.22. The number of nitrogens with zero attached hydrogens (tertiary/aromatic N) is 4. The summed E-state index contributed by atoms with van der Waals surface area (Å²) in [6.45, 7) is 16.4. The third-order valence-corrected chi connectivity index (χ3v) is 5.22. The van der Waals surface area contributed by atoms with Crippen molar-refractivity contribution in [2.75, 3.05) is 12.3 Å². The zero-order chi connectivity index (χ0) is 21.9. The van der Waals surface area contributed by atoms with E-state index in [1.807, 2.05) is 0 Å². The van der Waals surface area contributed by atoms with Crippen LogP contribution in [0.1, 0.15) is 46.4 Å². The van der Waals surface area contributed by atoms with Gasteiger partial charge in [-0.05, 0) is 46.8 Å². The summed E-state index contributed by atoms with van der Waals surface area (Å²) in [5, 5.41) is 4.26. The lowest BCUT2D eigenvalue weighted by Crippen LogP contribution is -2.45. The van der Waals surface area contributed by atoms with E-state index in [9.17, 15) is 4.79 Å². The zero-order valence-corrected chi connectivity index (χ0v) is 17.6. The highest BCUT2D eigenvalue weighted by Crippen LogP contribution is 2.51. The highest BCUT2D eigenvalue weighted by Gasteiger charge is 2.69. The minimum absolute atomic E-state index is 0.274. The van der Waals surface area contributed by atoms with Gasteiger partial charge in [-0.1, -0.05) is 0 Å². The van der Waals surface area contributed by atoms with Crippen molar-refractivity contribution in [1.82, 2.24) is 14.6 Å². The summed E-state index contributed by atoms with van der Waals surface area (Å²) in [7, 11) is 0. The Morgan fingerprint density at radius 1 is 1.33 bits per heavy atom. The van der Waals surface area contributed by atoms with Crippen molar-refractivity contribution in [1.29, 1.82) is 0 Å². The van der Waals surface area contributed by atoms with Crippen LogP contribution in [0.15, 0.2) is 18.5 Å². The Morgan fingerprint density at radius 3 is 2.73 bits per heavy atom. The van der Waals surface area contributed by atoms with Crippen molar-refractivity contribution in [2.45, 2.75) is 64.4 Å². The molecule has 10 heteroatoms. The third kappa shape index (κ3) is 3.19. The van der Waals surface area contributed by atoms with Crippen molar-refractivity contribution in [3.63, 3.8) is 0 Å². The Labute approximate surface area is 174 Å². The molecule has 30 heavy (non-hydrogen) atoms. The first-order chi connectivity index (χ1) is 14.0. The number of esters is 1. The standard InChI is InChI=1S/C20H25N5O5/c1-18(2,3)17(26)27-9-20(22-6)15-14(28-19(4,5)30-15)13(29-20)11-7-8-12-16(21)23-10-24-25(11)12/h7-8,10,13-15H,9H2,1-5H3,(H2,21,23,24)/t13-,14-,15-,20+/m0/s1. The first-order valence-corrected chi connectivity index (χ1v) is 9.65. The first kappa shape index (κ1) is 20.5. The monoisotopic (exact) mass is 415 g/mol. The number of nitrogens with two attached hydrogens (primary N) is 1. The fourth-order valence-corrected chi connectivity index (χ4v) is 3.75. The van der Waals surface area contributed by atoms with Crippen LogP contribution in [0.3, 0.4) is 0 Å². The van der Waals surface area contributed by atoms with E-state index in [-0.39, 0.29) is 6.61 Å². The van der Waals surface area contributed by atoms with E-state index in [0.717, 1.165) is 0 Å². The molecule has 10 nitrogen and oxygen atoms in total. The summed E-state index contributed by atoms with van der Waals surface area (Å²) >= 11 is 0. The zero-order valence-electron chi connectivity index (χ0n) is 17.6. The van der Waals surface area contributed by atoms with Crippen molar-refractivity contribution in [3.8, 4) is 0 Å². The number of anilines is 1. The second kappa shape index (κ2) is 6.63. The lowest BCUT2D eigenvalue weighted by molar-refractivity contribution is -0.211. The van der Waals surface area contributed by atoms with Crippen molar-refractivity contribution in [2.24, 2.45) is 5.41 Å². The molecule has 4 heterocycles. The molecule has 0 aromatic carbocycles. The Hall–Kier alpha value is -2.74. The number of nitrogen functional groups attached to an aromatic ring is 1. The largest absolute Gasteiger partial charge is 0.453 e. The molecule has 0 radical (unpaired) electrons. The number of aromatic nitrogens is 3. The molecule has 0 bridgehead atoms. The summed E-state index contributed by atoms with van der Waals surface area (Å²) in [6.07, 6.45) is -0.693. The van der Waals surface area contributed by atoms with E-state index in [1.165, 1.54) is 6.33 Å². The Kier molecular flexibility index (Phi) is 4.54. The number of hydrogen-bond acceptors (Lipinski definition) is 8. The molecule has 4 atom stereocenters. The van der Waals surface area contributed by atoms with Gasteiger partial charge in [0.15, 0.2) is 24.3 Å². The minimum Gasteiger partial charge on any atom is -0.453 e. The molecule has 160 valence electrons. The molecule has 0 unspecified atom stereocenters. The van der Waals surface area contributed by atoms with Gasteiger partial charge >= 0.3 is 11.7 Å². The van der Waals surface area contributed by atoms with E-state index in [0.29, 0.717) is 17.0 Å². The Balaban J connectivity index is 1.72. The number of hydrogen-bond donors (Lipinski definition) is 1. The van der Waals surface area contributed by atoms with Gasteiger partial charge < -0.3 is 19.9 Å². The molecule has 2 aliphatic heterocycles. The van der Waals surface area contributed by atoms with Gasteiger partial charge in [-0.25, -0.2) is 16.1 Å². The molecule has 2 saturated heterocycles. The number of carbonyl (C=O) groups excluding carboxylic acids is 1. The second-order valence-electron chi connectivity index (χ2n) is 9.04. The Morgan fingerprint density at radius 2 is 2.07 bits per heavy atom. The average Bonchev–Trinajstić information content (AvgIpc) is 3.30. The SMILES string of the molecule is [C-]#[N+][C@]1(COC(=O)C(C)(C)C)O[C@@H](c2ccc3c(N)ncnn23)[C@@H]2OC(C)(C)O[C@@H]21. The highest BCUT2D eigenvalue weighted by molar-refractivity contribution is 5.75. The lowest BCUT2D eigenvalue weighted by Gasteiger charge is -2.26. The summed E-state index contributed by atoms with van der Waals surface area (Å²) in [4.78, 5) is 20.0. The molecule has 4 rings (SSSR count). The number of carbonyl (C=O) groups is 1. The van der Waals surface area contributed by atoms with Crippen LogP contribution in [0.2, 0.25) is 0 Å². The van der Waals surface area contributed by atoms with Crippen LogP contribution >= 0.6 is 0 Å². The van der Waals surface area contributed by atoms with Gasteiger partial charge in [0.1, 0.15) is 24.1 Å². The van der Waals surface area contributed by atoms with Crippen LogP contribution in [0.5, 0.6) is 0 Å². The molecule has 0 amide bonds. The average molecular weight is 415 g/mol. The maximum Gasteiger partial charge on any atom is 0.400 e. The van der Waals surface area contributed by atoms with E-state index >= 15 is 0 Å². The highest BCUT2D eigenvalue weighted by atomic mass is 16.8. The van der Waals surface area contributed by atoms with Crippen LogP contribution in [0, 0.1) is 12.0 Å². The molecule has 0 spiro atoms. The van der Waals surface area contributed by atoms with Gasteiger partial charge in [0.25, 0.3) is 0 Å². The van der Waals surface area contributed by atoms with Gasteiger partial charge in [0.2, 0.25) is 0 Å². The fraction of sp³-hybridized carbons (Fsp3) is 0.600. The molecule has 0 saturated carbocycles. The maximum absolute atomic E-state index is 12.3. The van der Waals surface area contributed by atoms with E-state index < -0.39 is 41.2 Å². The van der Waals surface area contributed by atoms with E-state index in [2.05, 4.69) is 14.9 Å². The van der Waals surface area contributed by atoms with E-state index in [4.69, 9.17) is 31.3 Å². The van der Waals surface area contributed by atoms with Crippen molar-refractivity contribution >= 4 is 17.3 Å². The smallest absolute Gasteiger partial charge is 0.400 e. The molecular formula is C20H25N5O5. The summed E-state index contributed by atoms with van der Waals surface area (Å²) in [5.74, 6) is -1.03. The van der Waals surface area contributed by atoms with Gasteiger partial charge in [-0.2, -0.15) is 5.10 Å². The van der Waals surface area contributed by atoms with Crippen LogP contribution in [-0.2, 0) is 23.7 Å². The number of ether oxygens (including phenoxy) is 4. The summed E-state index contributed by atoms with van der Waals surface area (Å²) < 4.78 is 25.4. The predicted molar refractivity (Wildman–Crippen MR) is 105 cm³/mol. The molecule has 2 aliphatic rings. The van der Waals surface area contributed by atoms with Crippen molar-refractivity contribution < 1.29 is 23.7 Å². The molecule has 2 aromatic heterocycles.